The van der Waals surface area contributed by atoms with Crippen LogP contribution in [0.25, 0.3) is 0 Å². The Labute approximate surface area is 74.6 Å². The van der Waals surface area contributed by atoms with Crippen molar-refractivity contribution in [1.29, 1.82) is 0 Å². The quantitative estimate of drug-likeness (QED) is 0.604. The maximum atomic E-state index is 11.0. The van der Waals surface area contributed by atoms with Gasteiger partial charge >= 0.3 is 6.16 Å². The number of ether oxygens (including phenoxy) is 2. The Morgan fingerprint density at radius 1 is 1.75 bits per heavy atom. The lowest BCUT2D eigenvalue weighted by atomic mass is 10.3. The van der Waals surface area contributed by atoms with E-state index in [0.717, 1.165) is 0 Å². The topological polar surface area (TPSA) is 52.6 Å². The average molecular weight is 190 g/mol. The molecular formula is C7H10O4S. The molecule has 1 atom stereocenters. The monoisotopic (exact) mass is 190 g/mol. The maximum Gasteiger partial charge on any atom is 0.509 e. The highest BCUT2D eigenvalue weighted by Gasteiger charge is 2.28. The number of carbonyl (C=O) groups is 2. The molecule has 4 nitrogen and oxygen atoms in total. The highest BCUT2D eigenvalue weighted by atomic mass is 32.2. The molecule has 0 aromatic rings. The summed E-state index contributed by atoms with van der Waals surface area (Å²) in [5.41, 5.74) is 0. The van der Waals surface area contributed by atoms with E-state index in [0.29, 0.717) is 11.5 Å². The van der Waals surface area contributed by atoms with Crippen LogP contribution in [0.2, 0.25) is 0 Å². The Kier molecular flexibility index (Phi) is 3.40. The van der Waals surface area contributed by atoms with E-state index < -0.39 is 12.3 Å². The molecule has 12 heavy (non-hydrogen) atoms. The molecule has 0 bridgehead atoms. The van der Waals surface area contributed by atoms with E-state index in [1.54, 1.807) is 6.92 Å². The van der Waals surface area contributed by atoms with Crippen LogP contribution in [-0.2, 0) is 14.3 Å². The van der Waals surface area contributed by atoms with Gasteiger partial charge in [-0.15, -0.1) is 11.8 Å². The molecule has 5 heteroatoms. The molecule has 0 aromatic heterocycles. The first kappa shape index (κ1) is 9.38. The van der Waals surface area contributed by atoms with Crippen molar-refractivity contribution in [2.24, 2.45) is 0 Å². The summed E-state index contributed by atoms with van der Waals surface area (Å²) in [5, 5.41) is 0. The number of ketones is 1. The van der Waals surface area contributed by atoms with Crippen molar-refractivity contribution in [1.82, 2.24) is 0 Å². The highest BCUT2D eigenvalue weighted by Crippen LogP contribution is 2.17. The lowest BCUT2D eigenvalue weighted by Crippen LogP contribution is -2.25. The summed E-state index contributed by atoms with van der Waals surface area (Å²) in [6.07, 6.45) is -1.34. The third-order valence-electron chi connectivity index (χ3n) is 1.37. The van der Waals surface area contributed by atoms with Crippen LogP contribution in [0.15, 0.2) is 0 Å². The molecule has 0 spiro atoms. The first-order chi connectivity index (χ1) is 5.74. The smallest absolute Gasteiger partial charge is 0.435 e. The summed E-state index contributed by atoms with van der Waals surface area (Å²) in [7, 11) is 0. The van der Waals surface area contributed by atoms with Crippen molar-refractivity contribution in [3.63, 3.8) is 0 Å². The molecule has 0 saturated carbocycles. The van der Waals surface area contributed by atoms with Gasteiger partial charge in [0.2, 0.25) is 0 Å². The number of rotatable bonds is 2. The molecule has 0 amide bonds. The summed E-state index contributed by atoms with van der Waals surface area (Å²) in [6.45, 7) is 1.96. The Morgan fingerprint density at radius 2 is 2.50 bits per heavy atom. The van der Waals surface area contributed by atoms with Gasteiger partial charge in [0, 0.05) is 5.75 Å². The van der Waals surface area contributed by atoms with Crippen LogP contribution < -0.4 is 0 Å². The molecule has 0 aliphatic carbocycles. The maximum absolute atomic E-state index is 11.0. The van der Waals surface area contributed by atoms with E-state index in [9.17, 15) is 9.59 Å². The standard InChI is InChI=1S/C7H10O4S/c1-2-10-7(9)11-6-4-12-3-5(6)8/h6H,2-4H2,1H3. The third-order valence-corrected chi connectivity index (χ3v) is 2.40. The Bertz CT molecular complexity index is 192. The fourth-order valence-electron chi connectivity index (χ4n) is 0.820. The van der Waals surface area contributed by atoms with Gasteiger partial charge in [-0.2, -0.15) is 0 Å². The minimum atomic E-state index is -0.752. The minimum absolute atomic E-state index is 0.0342. The highest BCUT2D eigenvalue weighted by molar-refractivity contribution is 8.00. The normalized spacial score (nSPS) is 22.4. The van der Waals surface area contributed by atoms with Crippen LogP contribution in [0.4, 0.5) is 4.79 Å². The molecule has 1 heterocycles. The molecule has 0 aromatic carbocycles. The molecule has 1 saturated heterocycles. The summed E-state index contributed by atoms with van der Waals surface area (Å²) in [5.74, 6) is 0.954. The average Bonchev–Trinajstić information content (AvgIpc) is 2.37. The van der Waals surface area contributed by atoms with Crippen molar-refractivity contribution in [3.05, 3.63) is 0 Å². The van der Waals surface area contributed by atoms with Gasteiger partial charge in [0.25, 0.3) is 0 Å². The zero-order chi connectivity index (χ0) is 8.97. The zero-order valence-corrected chi connectivity index (χ0v) is 7.56. The van der Waals surface area contributed by atoms with Gasteiger partial charge < -0.3 is 9.47 Å². The number of hydrogen-bond donors (Lipinski definition) is 0. The molecule has 1 rings (SSSR count). The Hall–Kier alpha value is -0.710. The second kappa shape index (κ2) is 4.35. The van der Waals surface area contributed by atoms with E-state index in [-0.39, 0.29) is 12.4 Å². The molecular weight excluding hydrogens is 180 g/mol. The van der Waals surface area contributed by atoms with E-state index in [2.05, 4.69) is 4.74 Å². The lowest BCUT2D eigenvalue weighted by molar-refractivity contribution is -0.124. The van der Waals surface area contributed by atoms with Gasteiger partial charge in [0.15, 0.2) is 11.9 Å². The van der Waals surface area contributed by atoms with Crippen molar-refractivity contribution in [2.45, 2.75) is 13.0 Å². The second-order valence-electron chi connectivity index (χ2n) is 2.27. The fraction of sp³-hybridized carbons (Fsp3) is 0.714. The molecule has 68 valence electrons. The van der Waals surface area contributed by atoms with Crippen LogP contribution >= 0.6 is 11.8 Å². The molecule has 0 radical (unpaired) electrons. The predicted molar refractivity (Wildman–Crippen MR) is 44.2 cm³/mol. The van der Waals surface area contributed by atoms with Crippen molar-refractivity contribution < 1.29 is 19.1 Å². The number of thioether (sulfide) groups is 1. The Balaban J connectivity index is 2.30. The molecule has 0 N–H and O–H groups in total. The summed E-state index contributed by atoms with van der Waals surface area (Å²) < 4.78 is 9.26. The van der Waals surface area contributed by atoms with Gasteiger partial charge in [-0.25, -0.2) is 4.79 Å². The van der Waals surface area contributed by atoms with Crippen LogP contribution in [0.1, 0.15) is 6.92 Å². The zero-order valence-electron chi connectivity index (χ0n) is 6.74. The predicted octanol–water partition coefficient (Wildman–Crippen LogP) is 0.844. The number of Topliss-reactive ketones (excluding diaryl/α,β-unsaturated/α-hetero) is 1. The van der Waals surface area contributed by atoms with Crippen molar-refractivity contribution in [2.75, 3.05) is 18.1 Å². The molecule has 1 aliphatic heterocycles. The lowest BCUT2D eigenvalue weighted by Gasteiger charge is -2.08. The number of hydrogen-bond acceptors (Lipinski definition) is 5. The molecule has 1 aliphatic rings. The van der Waals surface area contributed by atoms with E-state index in [1.807, 2.05) is 0 Å². The van der Waals surface area contributed by atoms with E-state index in [4.69, 9.17) is 4.74 Å². The van der Waals surface area contributed by atoms with Gasteiger partial charge in [-0.3, -0.25) is 4.79 Å². The first-order valence-electron chi connectivity index (χ1n) is 3.68. The fourth-order valence-corrected chi connectivity index (χ4v) is 1.79. The van der Waals surface area contributed by atoms with Crippen LogP contribution in [-0.4, -0.2) is 36.2 Å². The van der Waals surface area contributed by atoms with Crippen molar-refractivity contribution >= 4 is 23.7 Å². The minimum Gasteiger partial charge on any atom is -0.435 e. The third kappa shape index (κ3) is 2.41. The van der Waals surface area contributed by atoms with Crippen LogP contribution in [0.5, 0.6) is 0 Å². The molecule has 1 fully saturated rings. The largest absolute Gasteiger partial charge is 0.509 e. The second-order valence-corrected chi connectivity index (χ2v) is 3.30. The SMILES string of the molecule is CCOC(=O)OC1CSCC1=O. The molecule has 1 unspecified atom stereocenters. The van der Waals surface area contributed by atoms with E-state index >= 15 is 0 Å². The first-order valence-corrected chi connectivity index (χ1v) is 4.83. The Morgan fingerprint density at radius 3 is 3.00 bits per heavy atom. The summed E-state index contributed by atoms with van der Waals surface area (Å²) >= 11 is 1.47. The summed E-state index contributed by atoms with van der Waals surface area (Å²) in [4.78, 5) is 21.7. The van der Waals surface area contributed by atoms with Gasteiger partial charge in [-0.05, 0) is 6.92 Å². The van der Waals surface area contributed by atoms with Crippen LogP contribution in [0, 0.1) is 0 Å². The van der Waals surface area contributed by atoms with Gasteiger partial charge in [0.1, 0.15) is 0 Å². The number of carbonyl (C=O) groups excluding carboxylic acids is 2. The van der Waals surface area contributed by atoms with E-state index in [1.165, 1.54) is 11.8 Å². The van der Waals surface area contributed by atoms with Crippen molar-refractivity contribution in [3.8, 4) is 0 Å². The van der Waals surface area contributed by atoms with Gasteiger partial charge in [-0.1, -0.05) is 0 Å². The van der Waals surface area contributed by atoms with Gasteiger partial charge in [0.05, 0.1) is 12.4 Å². The van der Waals surface area contributed by atoms with Crippen LogP contribution in [0.3, 0.4) is 0 Å². The summed E-state index contributed by atoms with van der Waals surface area (Å²) in [6, 6.07) is 0.